The maximum absolute atomic E-state index is 11.1. The summed E-state index contributed by atoms with van der Waals surface area (Å²) in [4.78, 5) is 12.3. The van der Waals surface area contributed by atoms with Gasteiger partial charge in [-0.2, -0.15) is 0 Å². The van der Waals surface area contributed by atoms with Crippen LogP contribution in [0.25, 0.3) is 0 Å². The monoisotopic (exact) mass is 242 g/mol. The average molecular weight is 243 g/mol. The number of rotatable bonds is 4. The Hall–Kier alpha value is -0.470. The fourth-order valence-corrected chi connectivity index (χ4v) is 2.30. The summed E-state index contributed by atoms with van der Waals surface area (Å²) in [5.41, 5.74) is 0.773. The zero-order valence-electron chi connectivity index (χ0n) is 9.21. The van der Waals surface area contributed by atoms with Crippen LogP contribution in [0.3, 0.4) is 0 Å². The number of halogens is 1. The maximum atomic E-state index is 11.1. The first-order valence-corrected chi connectivity index (χ1v) is 6.18. The topological polar surface area (TPSA) is 17.1 Å². The van der Waals surface area contributed by atoms with E-state index in [2.05, 4.69) is 19.1 Å². The number of aryl methyl sites for hydroxylation is 1. The normalized spacial score (nSPS) is 11.5. The molecule has 0 aliphatic rings. The van der Waals surface area contributed by atoms with E-state index in [-0.39, 0.29) is 5.24 Å². The van der Waals surface area contributed by atoms with Crippen LogP contribution in [0.4, 0.5) is 0 Å². The van der Waals surface area contributed by atoms with E-state index in [4.69, 9.17) is 11.6 Å². The van der Waals surface area contributed by atoms with Gasteiger partial charge in [-0.1, -0.05) is 32.0 Å². The molecule has 0 spiro atoms. The van der Waals surface area contributed by atoms with Gasteiger partial charge in [0.05, 0.1) is 0 Å². The lowest BCUT2D eigenvalue weighted by Crippen LogP contribution is -2.22. The third kappa shape index (κ3) is 3.54. The molecular formula is C12H15ClOS. The minimum absolute atomic E-state index is 0.274. The molecule has 0 N–H and O–H groups in total. The van der Waals surface area contributed by atoms with Crippen LogP contribution in [0, 0.1) is 12.3 Å². The molecule has 0 amide bonds. The molecule has 0 saturated carbocycles. The van der Waals surface area contributed by atoms with E-state index in [1.54, 1.807) is 11.8 Å². The molecule has 0 aromatic heterocycles. The summed E-state index contributed by atoms with van der Waals surface area (Å²) in [6, 6.07) is 8.15. The summed E-state index contributed by atoms with van der Waals surface area (Å²) in [5.74, 6) is 0.709. The number of hydrogen-bond donors (Lipinski definition) is 0. The molecule has 0 unspecified atom stereocenters. The van der Waals surface area contributed by atoms with Gasteiger partial charge in [-0.25, -0.2) is 0 Å². The first kappa shape index (κ1) is 12.6. The third-order valence-electron chi connectivity index (χ3n) is 2.21. The van der Waals surface area contributed by atoms with Gasteiger partial charge in [-0.3, -0.25) is 4.79 Å². The van der Waals surface area contributed by atoms with Gasteiger partial charge in [-0.05, 0) is 30.2 Å². The van der Waals surface area contributed by atoms with Gasteiger partial charge in [0.15, 0.2) is 0 Å². The summed E-state index contributed by atoms with van der Waals surface area (Å²) in [6.45, 7) is 5.80. The lowest BCUT2D eigenvalue weighted by molar-refractivity contribution is -0.117. The molecule has 0 fully saturated rings. The van der Waals surface area contributed by atoms with Gasteiger partial charge in [0.2, 0.25) is 5.24 Å². The zero-order valence-corrected chi connectivity index (χ0v) is 10.8. The van der Waals surface area contributed by atoms with Crippen molar-refractivity contribution in [3.8, 4) is 0 Å². The highest BCUT2D eigenvalue weighted by Crippen LogP contribution is 2.30. The SMILES string of the molecule is Cc1ccccc1SCC(C)(C)C(=O)Cl. The Balaban J connectivity index is 2.66. The second-order valence-electron chi connectivity index (χ2n) is 4.21. The highest BCUT2D eigenvalue weighted by molar-refractivity contribution is 7.99. The van der Waals surface area contributed by atoms with Gasteiger partial charge in [0, 0.05) is 16.1 Å². The summed E-state index contributed by atoms with van der Waals surface area (Å²) in [6.07, 6.45) is 0. The molecule has 3 heteroatoms. The Bertz CT molecular complexity index is 360. The van der Waals surface area contributed by atoms with Gasteiger partial charge in [0.25, 0.3) is 0 Å². The number of carbonyl (C=O) groups excluding carboxylic acids is 1. The smallest absolute Gasteiger partial charge is 0.228 e. The van der Waals surface area contributed by atoms with Gasteiger partial charge in [-0.15, -0.1) is 11.8 Å². The summed E-state index contributed by atoms with van der Waals surface area (Å²) < 4.78 is 0. The van der Waals surface area contributed by atoms with Crippen molar-refractivity contribution in [2.45, 2.75) is 25.7 Å². The molecule has 1 rings (SSSR count). The van der Waals surface area contributed by atoms with Crippen LogP contribution in [0.5, 0.6) is 0 Å². The quantitative estimate of drug-likeness (QED) is 0.589. The third-order valence-corrected chi connectivity index (χ3v) is 4.36. The van der Waals surface area contributed by atoms with Crippen LogP contribution in [-0.2, 0) is 4.79 Å². The van der Waals surface area contributed by atoms with Crippen LogP contribution >= 0.6 is 23.4 Å². The van der Waals surface area contributed by atoms with Crippen molar-refractivity contribution < 1.29 is 4.79 Å². The van der Waals surface area contributed by atoms with E-state index >= 15 is 0 Å². The van der Waals surface area contributed by atoms with Gasteiger partial charge < -0.3 is 0 Å². The van der Waals surface area contributed by atoms with Crippen LogP contribution < -0.4 is 0 Å². The standard InChI is InChI=1S/C12H15ClOS/c1-9-6-4-5-7-10(9)15-8-12(2,3)11(13)14/h4-7H,8H2,1-3H3. The Morgan fingerprint density at radius 1 is 1.40 bits per heavy atom. The number of hydrogen-bond acceptors (Lipinski definition) is 2. The number of benzene rings is 1. The Labute approximate surface area is 100 Å². The molecule has 0 aliphatic heterocycles. The fourth-order valence-electron chi connectivity index (χ4n) is 1.03. The molecule has 1 aromatic rings. The Kier molecular flexibility index (Phi) is 4.23. The van der Waals surface area contributed by atoms with Crippen LogP contribution in [0.2, 0.25) is 0 Å². The van der Waals surface area contributed by atoms with Crippen molar-refractivity contribution in [3.63, 3.8) is 0 Å². The minimum Gasteiger partial charge on any atom is -0.281 e. The Morgan fingerprint density at radius 2 is 2.00 bits per heavy atom. The van der Waals surface area contributed by atoms with Crippen molar-refractivity contribution in [2.24, 2.45) is 5.41 Å². The van der Waals surface area contributed by atoms with E-state index in [0.29, 0.717) is 5.75 Å². The predicted octanol–water partition coefficient (Wildman–Crippen LogP) is 3.88. The largest absolute Gasteiger partial charge is 0.281 e. The average Bonchev–Trinajstić information content (AvgIpc) is 2.16. The molecule has 1 aromatic carbocycles. The molecule has 15 heavy (non-hydrogen) atoms. The van der Waals surface area contributed by atoms with E-state index in [1.165, 1.54) is 10.5 Å². The second-order valence-corrected chi connectivity index (χ2v) is 5.57. The fraction of sp³-hybridized carbons (Fsp3) is 0.417. The molecule has 0 radical (unpaired) electrons. The summed E-state index contributed by atoms with van der Waals surface area (Å²) >= 11 is 7.20. The van der Waals surface area contributed by atoms with Crippen molar-refractivity contribution in [1.82, 2.24) is 0 Å². The zero-order chi connectivity index (χ0) is 11.5. The molecule has 0 atom stereocenters. The Morgan fingerprint density at radius 3 is 2.53 bits per heavy atom. The number of carbonyl (C=O) groups is 1. The predicted molar refractivity (Wildman–Crippen MR) is 66.5 cm³/mol. The van der Waals surface area contributed by atoms with E-state index in [9.17, 15) is 4.79 Å². The highest BCUT2D eigenvalue weighted by Gasteiger charge is 2.25. The maximum Gasteiger partial charge on any atom is 0.228 e. The minimum atomic E-state index is -0.464. The van der Waals surface area contributed by atoms with E-state index in [1.807, 2.05) is 26.0 Å². The van der Waals surface area contributed by atoms with E-state index < -0.39 is 5.41 Å². The molecule has 0 heterocycles. The summed E-state index contributed by atoms with van der Waals surface area (Å²) in [7, 11) is 0. The lowest BCUT2D eigenvalue weighted by atomic mass is 9.99. The van der Waals surface area contributed by atoms with E-state index in [0.717, 1.165) is 0 Å². The second kappa shape index (κ2) is 5.04. The van der Waals surface area contributed by atoms with Crippen LogP contribution in [-0.4, -0.2) is 11.0 Å². The highest BCUT2D eigenvalue weighted by atomic mass is 35.5. The molecular weight excluding hydrogens is 228 g/mol. The van der Waals surface area contributed by atoms with Gasteiger partial charge in [0.1, 0.15) is 0 Å². The first-order chi connectivity index (χ1) is 6.93. The lowest BCUT2D eigenvalue weighted by Gasteiger charge is -2.19. The van der Waals surface area contributed by atoms with Crippen molar-refractivity contribution in [1.29, 1.82) is 0 Å². The molecule has 0 saturated heterocycles. The summed E-state index contributed by atoms with van der Waals surface area (Å²) in [5, 5.41) is -0.274. The van der Waals surface area contributed by atoms with Crippen molar-refractivity contribution in [2.75, 3.05) is 5.75 Å². The molecule has 82 valence electrons. The first-order valence-electron chi connectivity index (χ1n) is 4.82. The van der Waals surface area contributed by atoms with Crippen LogP contribution in [0.1, 0.15) is 19.4 Å². The van der Waals surface area contributed by atoms with Crippen LogP contribution in [0.15, 0.2) is 29.2 Å². The van der Waals surface area contributed by atoms with Gasteiger partial charge >= 0.3 is 0 Å². The van der Waals surface area contributed by atoms with Crippen molar-refractivity contribution >= 4 is 28.6 Å². The van der Waals surface area contributed by atoms with Crippen molar-refractivity contribution in [3.05, 3.63) is 29.8 Å². The number of thioether (sulfide) groups is 1. The molecule has 0 aliphatic carbocycles. The molecule has 1 nitrogen and oxygen atoms in total. The molecule has 0 bridgehead atoms.